The van der Waals surface area contributed by atoms with Gasteiger partial charge in [0.05, 0.1) is 39.1 Å². The van der Waals surface area contributed by atoms with E-state index in [9.17, 15) is 4.79 Å². The predicted molar refractivity (Wildman–Crippen MR) is 167 cm³/mol. The number of fused-ring (bicyclic) bond motifs is 1. The molecule has 0 spiro atoms. The summed E-state index contributed by atoms with van der Waals surface area (Å²) < 4.78 is 25.3. The minimum Gasteiger partial charge on any atom is -0.462 e. The van der Waals surface area contributed by atoms with Crippen molar-refractivity contribution in [1.82, 2.24) is 5.06 Å². The molecule has 0 aromatic heterocycles. The third kappa shape index (κ3) is 6.77. The molecule has 0 aliphatic carbocycles. The topological polar surface area (TPSA) is 66.5 Å². The van der Waals surface area contributed by atoms with Gasteiger partial charge in [-0.3, -0.25) is 0 Å². The van der Waals surface area contributed by atoms with Crippen molar-refractivity contribution in [2.45, 2.75) is 51.0 Å². The zero-order valence-corrected chi connectivity index (χ0v) is 24.8. The molecule has 2 aliphatic heterocycles. The molecular formula is C37H37NO6. The molecule has 7 nitrogen and oxygen atoms in total. The molecule has 4 aromatic carbocycles. The highest BCUT2D eigenvalue weighted by Gasteiger charge is 2.59. The molecule has 4 atom stereocenters. The molecule has 0 amide bonds. The van der Waals surface area contributed by atoms with Gasteiger partial charge < -0.3 is 23.8 Å². The van der Waals surface area contributed by atoms with Crippen molar-refractivity contribution in [2.24, 2.45) is 0 Å². The van der Waals surface area contributed by atoms with Gasteiger partial charge >= 0.3 is 5.97 Å². The normalized spacial score (nSPS) is 21.2. The van der Waals surface area contributed by atoms with Gasteiger partial charge in [-0.25, -0.2) is 4.79 Å². The lowest BCUT2D eigenvalue weighted by atomic mass is 9.97. The Morgan fingerprint density at radius 3 is 1.73 bits per heavy atom. The molecule has 6 rings (SSSR count). The lowest BCUT2D eigenvalue weighted by Crippen LogP contribution is -2.41. The monoisotopic (exact) mass is 591 g/mol. The first-order valence-corrected chi connectivity index (χ1v) is 15.1. The SMILES string of the molecule is CCOC(=O)C1=C(c2ccccc2)ON2[C@H](COCc3ccccc3)[C@@H](OCc3ccccc3)[C@H](OCc3ccccc3)[C@@H]12. The second-order valence-corrected chi connectivity index (χ2v) is 10.8. The van der Waals surface area contributed by atoms with E-state index in [1.807, 2.05) is 126 Å². The van der Waals surface area contributed by atoms with Crippen LogP contribution in [-0.2, 0) is 48.4 Å². The fourth-order valence-electron chi connectivity index (χ4n) is 5.78. The molecule has 0 N–H and O–H groups in total. The maximum absolute atomic E-state index is 13.7. The van der Waals surface area contributed by atoms with Gasteiger partial charge in [0, 0.05) is 5.56 Å². The number of benzene rings is 4. The van der Waals surface area contributed by atoms with Gasteiger partial charge in [-0.05, 0) is 23.6 Å². The molecular weight excluding hydrogens is 554 g/mol. The van der Waals surface area contributed by atoms with Crippen LogP contribution in [0.1, 0.15) is 29.2 Å². The van der Waals surface area contributed by atoms with Crippen LogP contribution in [0.25, 0.3) is 5.76 Å². The number of ether oxygens (including phenoxy) is 4. The Morgan fingerprint density at radius 2 is 1.18 bits per heavy atom. The third-order valence-corrected chi connectivity index (χ3v) is 7.85. The number of rotatable bonds is 13. The maximum atomic E-state index is 13.7. The fraction of sp³-hybridized carbons (Fsp3) is 0.270. The Balaban J connectivity index is 1.36. The van der Waals surface area contributed by atoms with Crippen LogP contribution < -0.4 is 0 Å². The van der Waals surface area contributed by atoms with E-state index >= 15 is 0 Å². The van der Waals surface area contributed by atoms with E-state index in [2.05, 4.69) is 0 Å². The molecule has 0 radical (unpaired) electrons. The lowest BCUT2D eigenvalue weighted by molar-refractivity contribution is -0.146. The van der Waals surface area contributed by atoms with Gasteiger partial charge in [0.15, 0.2) is 5.76 Å². The van der Waals surface area contributed by atoms with E-state index in [4.69, 9.17) is 23.8 Å². The van der Waals surface area contributed by atoms with Crippen molar-refractivity contribution in [1.29, 1.82) is 0 Å². The largest absolute Gasteiger partial charge is 0.462 e. The van der Waals surface area contributed by atoms with Crippen molar-refractivity contribution in [3.05, 3.63) is 149 Å². The summed E-state index contributed by atoms with van der Waals surface area (Å²) in [5.41, 5.74) is 4.34. The first-order valence-electron chi connectivity index (χ1n) is 15.1. The molecule has 7 heteroatoms. The van der Waals surface area contributed by atoms with Gasteiger partial charge in [-0.2, -0.15) is 0 Å². The Kier molecular flexibility index (Phi) is 9.79. The Hall–Kier alpha value is -4.27. The number of esters is 1. The first-order chi connectivity index (χ1) is 21.7. The van der Waals surface area contributed by atoms with E-state index in [0.29, 0.717) is 37.8 Å². The minimum absolute atomic E-state index is 0.240. The summed E-state index contributed by atoms with van der Waals surface area (Å²) in [6.07, 6.45) is -1.02. The fourth-order valence-corrected chi connectivity index (χ4v) is 5.78. The van der Waals surface area contributed by atoms with E-state index in [1.165, 1.54) is 0 Å². The van der Waals surface area contributed by atoms with Gasteiger partial charge in [0.25, 0.3) is 0 Å². The molecule has 0 unspecified atom stereocenters. The van der Waals surface area contributed by atoms with Crippen molar-refractivity contribution < 1.29 is 28.6 Å². The smallest absolute Gasteiger partial charge is 0.339 e. The average molecular weight is 592 g/mol. The number of hydrogen-bond donors (Lipinski definition) is 0. The van der Waals surface area contributed by atoms with Crippen molar-refractivity contribution >= 4 is 11.7 Å². The van der Waals surface area contributed by atoms with Gasteiger partial charge in [0.2, 0.25) is 0 Å². The summed E-state index contributed by atoms with van der Waals surface area (Å²) in [7, 11) is 0. The van der Waals surface area contributed by atoms with Crippen LogP contribution in [0.3, 0.4) is 0 Å². The molecule has 1 saturated heterocycles. The second-order valence-electron chi connectivity index (χ2n) is 10.8. The second kappa shape index (κ2) is 14.5. The molecule has 2 aliphatic rings. The van der Waals surface area contributed by atoms with Crippen LogP contribution >= 0.6 is 0 Å². The number of hydroxylamine groups is 2. The van der Waals surface area contributed by atoms with Crippen LogP contribution in [0, 0.1) is 0 Å². The number of hydrogen-bond acceptors (Lipinski definition) is 7. The zero-order valence-electron chi connectivity index (χ0n) is 24.8. The summed E-state index contributed by atoms with van der Waals surface area (Å²) >= 11 is 0. The van der Waals surface area contributed by atoms with Crippen LogP contribution in [-0.4, -0.2) is 48.5 Å². The van der Waals surface area contributed by atoms with Crippen LogP contribution in [0.5, 0.6) is 0 Å². The quantitative estimate of drug-likeness (QED) is 0.168. The molecule has 0 saturated carbocycles. The highest BCUT2D eigenvalue weighted by atomic mass is 16.7. The molecule has 226 valence electrons. The molecule has 44 heavy (non-hydrogen) atoms. The summed E-state index contributed by atoms with van der Waals surface area (Å²) in [6, 6.07) is 38.8. The Bertz CT molecular complexity index is 1510. The molecule has 1 fully saturated rings. The maximum Gasteiger partial charge on any atom is 0.339 e. The summed E-state index contributed by atoms with van der Waals surface area (Å²) in [5.74, 6) is 0.0387. The standard InChI is InChI=1S/C37H37NO6/c1-2-41-37(39)32-33-36(43-25-29-19-11-5-12-20-29)35(42-24-28-17-9-4-10-18-28)31(26-40-23-27-15-7-3-8-16-27)38(33)44-34(32)30-21-13-6-14-22-30/h3-22,31,33,35-36H,2,23-26H2,1H3/t31-,33-,35-,36-/m1/s1. The van der Waals surface area contributed by atoms with Crippen LogP contribution in [0.15, 0.2) is 127 Å². The van der Waals surface area contributed by atoms with E-state index in [0.717, 1.165) is 22.3 Å². The Labute approximate surface area is 258 Å². The Morgan fingerprint density at radius 1 is 0.682 bits per heavy atom. The average Bonchev–Trinajstić information content (AvgIpc) is 3.59. The number of carbonyl (C=O) groups excluding carboxylic acids is 1. The number of nitrogens with zero attached hydrogens (tertiary/aromatic N) is 1. The van der Waals surface area contributed by atoms with E-state index < -0.39 is 24.2 Å². The van der Waals surface area contributed by atoms with Gasteiger partial charge in [-0.15, -0.1) is 5.06 Å². The summed E-state index contributed by atoms with van der Waals surface area (Å²) in [4.78, 5) is 20.3. The molecule has 0 bridgehead atoms. The first kappa shape index (κ1) is 29.8. The van der Waals surface area contributed by atoms with Gasteiger partial charge in [0.1, 0.15) is 23.8 Å². The summed E-state index contributed by atoms with van der Waals surface area (Å²) in [6.45, 7) is 3.49. The number of carbonyl (C=O) groups is 1. The predicted octanol–water partition coefficient (Wildman–Crippen LogP) is 6.35. The van der Waals surface area contributed by atoms with Crippen molar-refractivity contribution in [2.75, 3.05) is 13.2 Å². The molecule has 2 heterocycles. The summed E-state index contributed by atoms with van der Waals surface area (Å²) in [5, 5.41) is 1.84. The van der Waals surface area contributed by atoms with Crippen LogP contribution in [0.2, 0.25) is 0 Å². The van der Waals surface area contributed by atoms with Gasteiger partial charge in [-0.1, -0.05) is 121 Å². The van der Waals surface area contributed by atoms with Crippen LogP contribution in [0.4, 0.5) is 0 Å². The van der Waals surface area contributed by atoms with E-state index in [1.54, 1.807) is 6.92 Å². The highest BCUT2D eigenvalue weighted by Crippen LogP contribution is 2.45. The zero-order chi connectivity index (χ0) is 30.1. The minimum atomic E-state index is -0.570. The van der Waals surface area contributed by atoms with Crippen molar-refractivity contribution in [3.8, 4) is 0 Å². The van der Waals surface area contributed by atoms with E-state index in [-0.39, 0.29) is 12.6 Å². The highest BCUT2D eigenvalue weighted by molar-refractivity contribution is 5.98. The van der Waals surface area contributed by atoms with Crippen molar-refractivity contribution in [3.63, 3.8) is 0 Å². The third-order valence-electron chi connectivity index (χ3n) is 7.85. The molecule has 4 aromatic rings. The lowest BCUT2D eigenvalue weighted by Gasteiger charge is -2.28.